The summed E-state index contributed by atoms with van der Waals surface area (Å²) in [6.07, 6.45) is -5.24. The Labute approximate surface area is 142 Å². The Hall–Kier alpha value is -2.21. The molecule has 128 valence electrons. The fraction of sp³-hybridized carbons (Fsp3) is 0.235. The molecule has 2 aromatic carbocycles. The van der Waals surface area contributed by atoms with Gasteiger partial charge < -0.3 is 10.1 Å². The van der Waals surface area contributed by atoms with Crippen LogP contribution >= 0.6 is 11.6 Å². The van der Waals surface area contributed by atoms with Crippen molar-refractivity contribution in [3.63, 3.8) is 0 Å². The molecular formula is C17H15ClF3NO2. The van der Waals surface area contributed by atoms with E-state index in [1.54, 1.807) is 25.1 Å². The number of aryl methyl sites for hydroxylation is 1. The van der Waals surface area contributed by atoms with Gasteiger partial charge in [-0.1, -0.05) is 11.6 Å². The number of rotatable bonds is 4. The maximum absolute atomic E-state index is 12.5. The van der Waals surface area contributed by atoms with Crippen molar-refractivity contribution in [2.24, 2.45) is 0 Å². The summed E-state index contributed by atoms with van der Waals surface area (Å²) in [5.74, 6) is 0.00864. The van der Waals surface area contributed by atoms with E-state index in [4.69, 9.17) is 16.3 Å². The predicted octanol–water partition coefficient (Wildman–Crippen LogP) is 5.07. The lowest BCUT2D eigenvalue weighted by Crippen LogP contribution is -2.30. The van der Waals surface area contributed by atoms with Gasteiger partial charge in [-0.05, 0) is 61.9 Å². The first-order valence-corrected chi connectivity index (χ1v) is 7.45. The van der Waals surface area contributed by atoms with E-state index in [2.05, 4.69) is 5.32 Å². The third-order valence-electron chi connectivity index (χ3n) is 3.29. The molecule has 0 aliphatic heterocycles. The van der Waals surface area contributed by atoms with Crippen molar-refractivity contribution in [1.82, 2.24) is 0 Å². The summed E-state index contributed by atoms with van der Waals surface area (Å²) in [5.41, 5.74) is 0.293. The van der Waals surface area contributed by atoms with Gasteiger partial charge in [0.05, 0.1) is 5.56 Å². The van der Waals surface area contributed by atoms with Crippen LogP contribution in [0.2, 0.25) is 5.02 Å². The molecule has 3 nitrogen and oxygen atoms in total. The van der Waals surface area contributed by atoms with E-state index in [0.29, 0.717) is 10.8 Å². The van der Waals surface area contributed by atoms with Crippen LogP contribution in [0.3, 0.4) is 0 Å². The van der Waals surface area contributed by atoms with Gasteiger partial charge in [-0.2, -0.15) is 13.2 Å². The van der Waals surface area contributed by atoms with E-state index >= 15 is 0 Å². The van der Waals surface area contributed by atoms with Crippen LogP contribution in [0.15, 0.2) is 42.5 Å². The van der Waals surface area contributed by atoms with Crippen molar-refractivity contribution in [3.8, 4) is 5.75 Å². The van der Waals surface area contributed by atoms with Crippen molar-refractivity contribution in [2.45, 2.75) is 26.1 Å². The molecule has 0 aromatic heterocycles. The molecule has 24 heavy (non-hydrogen) atoms. The number of anilines is 1. The van der Waals surface area contributed by atoms with E-state index in [0.717, 1.165) is 17.7 Å². The molecule has 0 spiro atoms. The van der Waals surface area contributed by atoms with Crippen molar-refractivity contribution in [3.05, 3.63) is 58.6 Å². The average molecular weight is 358 g/mol. The minimum Gasteiger partial charge on any atom is -0.481 e. The second-order valence-corrected chi connectivity index (χ2v) is 5.64. The summed E-state index contributed by atoms with van der Waals surface area (Å²) in [6.45, 7) is 3.35. The predicted molar refractivity (Wildman–Crippen MR) is 86.4 cm³/mol. The second kappa shape index (κ2) is 7.13. The Morgan fingerprint density at radius 1 is 1.17 bits per heavy atom. The summed E-state index contributed by atoms with van der Waals surface area (Å²) in [7, 11) is 0. The molecule has 0 heterocycles. The van der Waals surface area contributed by atoms with E-state index in [1.165, 1.54) is 12.1 Å². The van der Waals surface area contributed by atoms with Gasteiger partial charge in [0.2, 0.25) is 0 Å². The van der Waals surface area contributed by atoms with Crippen molar-refractivity contribution >= 4 is 23.2 Å². The number of hydrogen-bond acceptors (Lipinski definition) is 2. The number of ether oxygens (including phenoxy) is 1. The standard InChI is InChI=1S/C17H15ClF3NO2/c1-10-9-14(7-8-15(10)18)24-11(2)16(23)22-13-5-3-12(4-6-13)17(19,20)21/h3-9,11H,1-2H3,(H,22,23). The molecule has 0 fully saturated rings. The molecule has 0 bridgehead atoms. The van der Waals surface area contributed by atoms with Gasteiger partial charge in [-0.15, -0.1) is 0 Å². The van der Waals surface area contributed by atoms with Gasteiger partial charge in [-0.25, -0.2) is 0 Å². The number of alkyl halides is 3. The van der Waals surface area contributed by atoms with Gasteiger partial charge in [0.25, 0.3) is 5.91 Å². The van der Waals surface area contributed by atoms with Crippen LogP contribution < -0.4 is 10.1 Å². The first-order valence-electron chi connectivity index (χ1n) is 7.08. The summed E-state index contributed by atoms with van der Waals surface area (Å²) in [4.78, 5) is 12.1. The zero-order valence-corrected chi connectivity index (χ0v) is 13.7. The Bertz CT molecular complexity index is 730. The molecule has 1 amide bonds. The fourth-order valence-corrected chi connectivity index (χ4v) is 2.05. The topological polar surface area (TPSA) is 38.3 Å². The van der Waals surface area contributed by atoms with Crippen LogP contribution in [0.25, 0.3) is 0 Å². The highest BCUT2D eigenvalue weighted by molar-refractivity contribution is 6.31. The van der Waals surface area contributed by atoms with E-state index in [-0.39, 0.29) is 5.69 Å². The molecule has 0 aliphatic rings. The number of benzene rings is 2. The molecule has 1 N–H and O–H groups in total. The minimum absolute atomic E-state index is 0.260. The number of halogens is 4. The lowest BCUT2D eigenvalue weighted by atomic mass is 10.2. The number of amides is 1. The highest BCUT2D eigenvalue weighted by Crippen LogP contribution is 2.30. The van der Waals surface area contributed by atoms with Gasteiger partial charge in [-0.3, -0.25) is 4.79 Å². The first-order chi connectivity index (χ1) is 11.2. The third-order valence-corrected chi connectivity index (χ3v) is 3.72. The highest BCUT2D eigenvalue weighted by atomic mass is 35.5. The molecule has 1 atom stereocenters. The largest absolute Gasteiger partial charge is 0.481 e. The molecule has 0 radical (unpaired) electrons. The van der Waals surface area contributed by atoms with E-state index < -0.39 is 23.8 Å². The maximum Gasteiger partial charge on any atom is 0.416 e. The maximum atomic E-state index is 12.5. The Kier molecular flexibility index (Phi) is 5.39. The van der Waals surface area contributed by atoms with Crippen LogP contribution in [-0.4, -0.2) is 12.0 Å². The number of nitrogens with one attached hydrogen (secondary N) is 1. The van der Waals surface area contributed by atoms with E-state index in [9.17, 15) is 18.0 Å². The summed E-state index contributed by atoms with van der Waals surface area (Å²) in [5, 5.41) is 3.10. The lowest BCUT2D eigenvalue weighted by molar-refractivity contribution is -0.137. The molecule has 7 heteroatoms. The number of carbonyl (C=O) groups excluding carboxylic acids is 1. The quantitative estimate of drug-likeness (QED) is 0.829. The number of carbonyl (C=O) groups is 1. The van der Waals surface area contributed by atoms with Crippen LogP contribution in [0.4, 0.5) is 18.9 Å². The molecule has 0 saturated heterocycles. The van der Waals surface area contributed by atoms with Crippen LogP contribution in [-0.2, 0) is 11.0 Å². The average Bonchev–Trinajstić information content (AvgIpc) is 2.50. The van der Waals surface area contributed by atoms with Gasteiger partial charge >= 0.3 is 6.18 Å². The van der Waals surface area contributed by atoms with Crippen molar-refractivity contribution < 1.29 is 22.7 Å². The van der Waals surface area contributed by atoms with Gasteiger partial charge in [0.1, 0.15) is 5.75 Å². The van der Waals surface area contributed by atoms with Crippen molar-refractivity contribution in [1.29, 1.82) is 0 Å². The first kappa shape index (κ1) is 18.1. The Morgan fingerprint density at radius 3 is 2.33 bits per heavy atom. The minimum atomic E-state index is -4.41. The SMILES string of the molecule is Cc1cc(OC(C)C(=O)Nc2ccc(C(F)(F)F)cc2)ccc1Cl. The zero-order valence-electron chi connectivity index (χ0n) is 12.9. The van der Waals surface area contributed by atoms with Crippen LogP contribution in [0, 0.1) is 6.92 Å². The third kappa shape index (κ3) is 4.64. The molecule has 0 aliphatic carbocycles. The smallest absolute Gasteiger partial charge is 0.416 e. The molecule has 0 saturated carbocycles. The fourth-order valence-electron chi connectivity index (χ4n) is 1.93. The highest BCUT2D eigenvalue weighted by Gasteiger charge is 2.30. The molecular weight excluding hydrogens is 343 g/mol. The monoisotopic (exact) mass is 357 g/mol. The van der Waals surface area contributed by atoms with Gasteiger partial charge in [0, 0.05) is 10.7 Å². The van der Waals surface area contributed by atoms with Gasteiger partial charge in [0.15, 0.2) is 6.10 Å². The lowest BCUT2D eigenvalue weighted by Gasteiger charge is -2.15. The van der Waals surface area contributed by atoms with Crippen LogP contribution in [0.1, 0.15) is 18.1 Å². The normalized spacial score (nSPS) is 12.6. The summed E-state index contributed by atoms with van der Waals surface area (Å²) in [6, 6.07) is 9.20. The van der Waals surface area contributed by atoms with E-state index in [1.807, 2.05) is 6.92 Å². The summed E-state index contributed by atoms with van der Waals surface area (Å²) >= 11 is 5.92. The molecule has 2 aromatic rings. The summed E-state index contributed by atoms with van der Waals surface area (Å²) < 4.78 is 43.0. The molecule has 1 unspecified atom stereocenters. The van der Waals surface area contributed by atoms with Crippen LogP contribution in [0.5, 0.6) is 5.75 Å². The zero-order chi connectivity index (χ0) is 17.9. The Morgan fingerprint density at radius 2 is 1.79 bits per heavy atom. The second-order valence-electron chi connectivity index (χ2n) is 5.24. The molecule has 2 rings (SSSR count). The Balaban J connectivity index is 1.99. The number of hydrogen-bond donors (Lipinski definition) is 1. The van der Waals surface area contributed by atoms with Crippen molar-refractivity contribution in [2.75, 3.05) is 5.32 Å².